The Bertz CT molecular complexity index is 558. The number of hydrogen-bond donors (Lipinski definition) is 4. The minimum Gasteiger partial charge on any atom is -0.480 e. The fraction of sp³-hybridized carbons (Fsp3) is 0.429. The molecule has 1 unspecified atom stereocenters. The number of carboxylic acid groups (broad SMARTS) is 1. The lowest BCUT2D eigenvalue weighted by molar-refractivity contribution is -0.139. The van der Waals surface area contributed by atoms with Crippen LogP contribution in [0.3, 0.4) is 0 Å². The summed E-state index contributed by atoms with van der Waals surface area (Å²) < 4.78 is 10.5. The number of benzene rings is 1. The molecule has 1 atom stereocenters. The molecule has 0 bridgehead atoms. The van der Waals surface area contributed by atoms with Crippen LogP contribution in [0.25, 0.3) is 0 Å². The van der Waals surface area contributed by atoms with Gasteiger partial charge in [0, 0.05) is 13.1 Å². The van der Waals surface area contributed by atoms with Gasteiger partial charge in [-0.25, -0.2) is 0 Å². The maximum absolute atomic E-state index is 11.2. The molecule has 2 rings (SSSR count). The predicted octanol–water partition coefficient (Wildman–Crippen LogP) is 0.0117. The van der Waals surface area contributed by atoms with Crippen molar-refractivity contribution in [1.29, 1.82) is 0 Å². The van der Waals surface area contributed by atoms with Gasteiger partial charge in [-0.15, -0.1) is 0 Å². The molecule has 1 aromatic carbocycles. The number of fused-ring (bicyclic) bond motifs is 1. The molecular weight excluding hydrogens is 288 g/mol. The SMILES string of the molecule is NC(N)=NCCCC(NCc1ccc2c(c1)OCO2)C(=O)O. The largest absolute Gasteiger partial charge is 0.480 e. The number of hydrogen-bond acceptors (Lipinski definition) is 5. The molecule has 22 heavy (non-hydrogen) atoms. The Morgan fingerprint density at radius 1 is 1.36 bits per heavy atom. The zero-order valence-corrected chi connectivity index (χ0v) is 12.1. The molecule has 0 aliphatic carbocycles. The number of nitrogens with one attached hydrogen (secondary N) is 1. The van der Waals surface area contributed by atoms with Gasteiger partial charge in [0.2, 0.25) is 6.79 Å². The van der Waals surface area contributed by atoms with E-state index < -0.39 is 12.0 Å². The highest BCUT2D eigenvalue weighted by Crippen LogP contribution is 2.32. The van der Waals surface area contributed by atoms with Gasteiger partial charge in [-0.1, -0.05) is 6.07 Å². The molecule has 0 aromatic heterocycles. The molecule has 6 N–H and O–H groups in total. The molecule has 1 heterocycles. The van der Waals surface area contributed by atoms with Crippen molar-refractivity contribution in [1.82, 2.24) is 5.32 Å². The minimum absolute atomic E-state index is 0.0141. The van der Waals surface area contributed by atoms with E-state index >= 15 is 0 Å². The summed E-state index contributed by atoms with van der Waals surface area (Å²) in [6.45, 7) is 1.06. The van der Waals surface area contributed by atoms with Gasteiger partial charge in [0.1, 0.15) is 6.04 Å². The summed E-state index contributed by atoms with van der Waals surface area (Å²) in [6, 6.07) is 4.88. The smallest absolute Gasteiger partial charge is 0.320 e. The molecule has 0 fully saturated rings. The van der Waals surface area contributed by atoms with E-state index in [1.165, 1.54) is 0 Å². The average Bonchev–Trinajstić information content (AvgIpc) is 2.93. The second-order valence-corrected chi connectivity index (χ2v) is 4.91. The van der Waals surface area contributed by atoms with Crippen molar-refractivity contribution in [2.45, 2.75) is 25.4 Å². The summed E-state index contributed by atoms with van der Waals surface area (Å²) in [5, 5.41) is 12.2. The first-order valence-electron chi connectivity index (χ1n) is 6.96. The van der Waals surface area contributed by atoms with Crippen LogP contribution in [-0.4, -0.2) is 36.4 Å². The first kappa shape index (κ1) is 15.9. The third kappa shape index (κ3) is 4.52. The van der Waals surface area contributed by atoms with Gasteiger partial charge < -0.3 is 31.4 Å². The molecule has 0 saturated carbocycles. The van der Waals surface area contributed by atoms with Crippen LogP contribution < -0.4 is 26.3 Å². The van der Waals surface area contributed by atoms with E-state index in [0.29, 0.717) is 37.4 Å². The summed E-state index contributed by atoms with van der Waals surface area (Å²) in [5.74, 6) is 0.500. The van der Waals surface area contributed by atoms with Crippen LogP contribution in [0, 0.1) is 0 Å². The zero-order valence-electron chi connectivity index (χ0n) is 12.1. The quantitative estimate of drug-likeness (QED) is 0.302. The third-order valence-electron chi connectivity index (χ3n) is 3.23. The van der Waals surface area contributed by atoms with Crippen molar-refractivity contribution in [2.75, 3.05) is 13.3 Å². The molecule has 1 aliphatic heterocycles. The van der Waals surface area contributed by atoms with Gasteiger partial charge >= 0.3 is 5.97 Å². The van der Waals surface area contributed by atoms with E-state index in [1.54, 1.807) is 0 Å². The van der Waals surface area contributed by atoms with Crippen LogP contribution in [0.5, 0.6) is 11.5 Å². The third-order valence-corrected chi connectivity index (χ3v) is 3.23. The Balaban J connectivity index is 1.83. The number of carboxylic acids is 1. The van der Waals surface area contributed by atoms with E-state index in [2.05, 4.69) is 10.3 Å². The van der Waals surface area contributed by atoms with Crippen LogP contribution in [0.1, 0.15) is 18.4 Å². The van der Waals surface area contributed by atoms with Gasteiger partial charge in [0.15, 0.2) is 17.5 Å². The monoisotopic (exact) mass is 308 g/mol. The van der Waals surface area contributed by atoms with Gasteiger partial charge in [-0.3, -0.25) is 9.79 Å². The maximum Gasteiger partial charge on any atom is 0.320 e. The summed E-state index contributed by atoms with van der Waals surface area (Å²) >= 11 is 0. The fourth-order valence-corrected chi connectivity index (χ4v) is 2.11. The standard InChI is InChI=1S/C14H20N4O4/c15-14(16)17-5-1-2-10(13(19)20)18-7-9-3-4-11-12(6-9)22-8-21-11/h3-4,6,10,18H,1-2,5,7-8H2,(H,19,20)(H4,15,16,17). The Morgan fingerprint density at radius 3 is 2.86 bits per heavy atom. The molecule has 0 amide bonds. The molecule has 0 saturated heterocycles. The number of rotatable bonds is 8. The summed E-state index contributed by atoms with van der Waals surface area (Å²) in [6.07, 6.45) is 1.03. The first-order chi connectivity index (χ1) is 10.6. The van der Waals surface area contributed by atoms with Crippen molar-refractivity contribution in [2.24, 2.45) is 16.5 Å². The van der Waals surface area contributed by atoms with Crippen LogP contribution in [-0.2, 0) is 11.3 Å². The lowest BCUT2D eigenvalue weighted by atomic mass is 10.1. The molecule has 8 nitrogen and oxygen atoms in total. The van der Waals surface area contributed by atoms with Crippen molar-refractivity contribution >= 4 is 11.9 Å². The Kier molecular flexibility index (Phi) is 5.42. The maximum atomic E-state index is 11.2. The highest BCUT2D eigenvalue weighted by atomic mass is 16.7. The van der Waals surface area contributed by atoms with Gasteiger partial charge in [0.25, 0.3) is 0 Å². The second-order valence-electron chi connectivity index (χ2n) is 4.91. The van der Waals surface area contributed by atoms with E-state index in [0.717, 1.165) is 5.56 Å². The summed E-state index contributed by atoms with van der Waals surface area (Å²) in [4.78, 5) is 15.1. The number of aliphatic imine (C=N–C) groups is 1. The summed E-state index contributed by atoms with van der Waals surface area (Å²) in [7, 11) is 0. The summed E-state index contributed by atoms with van der Waals surface area (Å²) in [5.41, 5.74) is 11.4. The van der Waals surface area contributed by atoms with E-state index in [1.807, 2.05) is 18.2 Å². The van der Waals surface area contributed by atoms with Gasteiger partial charge in [-0.2, -0.15) is 0 Å². The van der Waals surface area contributed by atoms with Crippen molar-refractivity contribution < 1.29 is 19.4 Å². The molecule has 0 radical (unpaired) electrons. The number of ether oxygens (including phenoxy) is 2. The topological polar surface area (TPSA) is 132 Å². The molecule has 0 spiro atoms. The van der Waals surface area contributed by atoms with E-state index in [-0.39, 0.29) is 12.8 Å². The Morgan fingerprint density at radius 2 is 2.14 bits per heavy atom. The highest BCUT2D eigenvalue weighted by Gasteiger charge is 2.17. The van der Waals surface area contributed by atoms with Gasteiger partial charge in [0.05, 0.1) is 0 Å². The number of aliphatic carboxylic acids is 1. The number of guanidine groups is 1. The fourth-order valence-electron chi connectivity index (χ4n) is 2.11. The van der Waals surface area contributed by atoms with Crippen molar-refractivity contribution in [3.8, 4) is 11.5 Å². The molecular formula is C14H20N4O4. The van der Waals surface area contributed by atoms with Crippen molar-refractivity contribution in [3.05, 3.63) is 23.8 Å². The zero-order chi connectivity index (χ0) is 15.9. The van der Waals surface area contributed by atoms with E-state index in [4.69, 9.17) is 20.9 Å². The highest BCUT2D eigenvalue weighted by molar-refractivity contribution is 5.75. The predicted molar refractivity (Wildman–Crippen MR) is 80.7 cm³/mol. The van der Waals surface area contributed by atoms with Gasteiger partial charge in [-0.05, 0) is 30.5 Å². The number of nitrogens with zero attached hydrogens (tertiary/aromatic N) is 1. The van der Waals surface area contributed by atoms with E-state index in [9.17, 15) is 9.90 Å². The minimum atomic E-state index is -0.898. The lowest BCUT2D eigenvalue weighted by Crippen LogP contribution is -2.36. The van der Waals surface area contributed by atoms with Crippen LogP contribution in [0.4, 0.5) is 0 Å². The van der Waals surface area contributed by atoms with Crippen molar-refractivity contribution in [3.63, 3.8) is 0 Å². The lowest BCUT2D eigenvalue weighted by Gasteiger charge is -2.14. The molecule has 120 valence electrons. The Labute approximate surface area is 128 Å². The van der Waals surface area contributed by atoms with Crippen LogP contribution in [0.15, 0.2) is 23.2 Å². The number of nitrogens with two attached hydrogens (primary N) is 2. The Hall–Kier alpha value is -2.48. The van der Waals surface area contributed by atoms with Crippen LogP contribution >= 0.6 is 0 Å². The molecule has 1 aromatic rings. The van der Waals surface area contributed by atoms with Crippen LogP contribution in [0.2, 0.25) is 0 Å². The average molecular weight is 308 g/mol. The second kappa shape index (κ2) is 7.51. The molecule has 8 heteroatoms. The normalized spacial score (nSPS) is 13.6. The first-order valence-corrected chi connectivity index (χ1v) is 6.96. The number of carbonyl (C=O) groups is 1. The molecule has 1 aliphatic rings.